The Balaban J connectivity index is 1.48. The van der Waals surface area contributed by atoms with E-state index in [0.29, 0.717) is 17.9 Å². The molecule has 4 rings (SSSR count). The van der Waals surface area contributed by atoms with Gasteiger partial charge in [0, 0.05) is 0 Å². The number of carbonyl (C=O) groups excluding carboxylic acids is 1. The topological polar surface area (TPSA) is 41.9 Å². The number of ether oxygens (including phenoxy) is 1. The minimum atomic E-state index is -0.110. The van der Waals surface area contributed by atoms with E-state index < -0.39 is 0 Å². The van der Waals surface area contributed by atoms with Gasteiger partial charge in [-0.1, -0.05) is 60.7 Å². The molecule has 0 saturated carbocycles. The SMILES string of the molecule is CC1=NN(c2ccccc2C)C(=O)C1=Cc1ccc(OCc2ccccc2)cc1. The standard InChI is InChI=1S/C25H22N2O2/c1-18-8-6-7-11-24(18)27-25(28)23(19(2)26-27)16-20-12-14-22(15-13-20)29-17-21-9-4-3-5-10-21/h3-16H,17H2,1-2H3. The van der Waals surface area contributed by atoms with Crippen LogP contribution < -0.4 is 9.75 Å². The van der Waals surface area contributed by atoms with Crippen LogP contribution in [0.4, 0.5) is 5.69 Å². The molecule has 3 aromatic carbocycles. The molecule has 29 heavy (non-hydrogen) atoms. The van der Waals surface area contributed by atoms with E-state index in [1.54, 1.807) is 0 Å². The number of hydrogen-bond donors (Lipinski definition) is 0. The Morgan fingerprint density at radius 1 is 0.897 bits per heavy atom. The third-order valence-corrected chi connectivity index (χ3v) is 4.85. The van der Waals surface area contributed by atoms with Gasteiger partial charge in [0.2, 0.25) is 0 Å². The second-order valence-electron chi connectivity index (χ2n) is 6.99. The molecule has 0 saturated heterocycles. The lowest BCUT2D eigenvalue weighted by Crippen LogP contribution is -2.22. The highest BCUT2D eigenvalue weighted by molar-refractivity contribution is 6.32. The van der Waals surface area contributed by atoms with Crippen molar-refractivity contribution in [2.75, 3.05) is 5.01 Å². The molecule has 0 aromatic heterocycles. The first-order chi connectivity index (χ1) is 14.1. The van der Waals surface area contributed by atoms with Gasteiger partial charge in [-0.2, -0.15) is 10.1 Å². The highest BCUT2D eigenvalue weighted by Crippen LogP contribution is 2.27. The second-order valence-corrected chi connectivity index (χ2v) is 6.99. The molecule has 0 radical (unpaired) electrons. The molecule has 144 valence electrons. The van der Waals surface area contributed by atoms with Crippen LogP contribution in [0, 0.1) is 6.92 Å². The van der Waals surface area contributed by atoms with Crippen molar-refractivity contribution in [3.8, 4) is 5.75 Å². The van der Waals surface area contributed by atoms with Gasteiger partial charge in [0.25, 0.3) is 5.91 Å². The molecule has 1 aliphatic heterocycles. The number of nitrogens with zero attached hydrogens (tertiary/aromatic N) is 2. The van der Waals surface area contributed by atoms with Crippen molar-refractivity contribution in [2.45, 2.75) is 20.5 Å². The smallest absolute Gasteiger partial charge is 0.280 e. The molecule has 0 atom stereocenters. The quantitative estimate of drug-likeness (QED) is 0.556. The normalized spacial score (nSPS) is 15.0. The monoisotopic (exact) mass is 382 g/mol. The molecular weight excluding hydrogens is 360 g/mol. The van der Waals surface area contributed by atoms with Crippen molar-refractivity contribution >= 4 is 23.4 Å². The first-order valence-corrected chi connectivity index (χ1v) is 9.56. The maximum Gasteiger partial charge on any atom is 0.280 e. The summed E-state index contributed by atoms with van der Waals surface area (Å²) in [5, 5.41) is 5.95. The van der Waals surface area contributed by atoms with Crippen LogP contribution in [0.1, 0.15) is 23.6 Å². The second kappa shape index (κ2) is 8.15. The Labute approximate surface area is 170 Å². The Bertz CT molecular complexity index is 1080. The number of amides is 1. The fraction of sp³-hybridized carbons (Fsp3) is 0.120. The fourth-order valence-electron chi connectivity index (χ4n) is 3.22. The predicted octanol–water partition coefficient (Wildman–Crippen LogP) is 5.38. The minimum Gasteiger partial charge on any atom is -0.489 e. The van der Waals surface area contributed by atoms with Crippen molar-refractivity contribution in [1.82, 2.24) is 0 Å². The van der Waals surface area contributed by atoms with E-state index in [1.165, 1.54) is 5.01 Å². The van der Waals surface area contributed by atoms with E-state index in [1.807, 2.05) is 98.8 Å². The van der Waals surface area contributed by atoms with Crippen molar-refractivity contribution in [3.05, 3.63) is 101 Å². The summed E-state index contributed by atoms with van der Waals surface area (Å²) in [7, 11) is 0. The number of para-hydroxylation sites is 1. The largest absolute Gasteiger partial charge is 0.489 e. The van der Waals surface area contributed by atoms with Crippen molar-refractivity contribution in [2.24, 2.45) is 5.10 Å². The molecule has 0 unspecified atom stereocenters. The van der Waals surface area contributed by atoms with Crippen LogP contribution in [-0.4, -0.2) is 11.6 Å². The molecule has 3 aromatic rings. The zero-order chi connectivity index (χ0) is 20.2. The number of carbonyl (C=O) groups is 1. The first-order valence-electron chi connectivity index (χ1n) is 9.56. The lowest BCUT2D eigenvalue weighted by atomic mass is 10.1. The van der Waals surface area contributed by atoms with Crippen LogP contribution in [0.25, 0.3) is 6.08 Å². The summed E-state index contributed by atoms with van der Waals surface area (Å²) in [6.45, 7) is 4.36. The number of rotatable bonds is 5. The Morgan fingerprint density at radius 2 is 1.59 bits per heavy atom. The van der Waals surface area contributed by atoms with Crippen LogP contribution in [0.15, 0.2) is 89.5 Å². The maximum atomic E-state index is 12.9. The van der Waals surface area contributed by atoms with Crippen molar-refractivity contribution in [1.29, 1.82) is 0 Å². The summed E-state index contributed by atoms with van der Waals surface area (Å²) in [4.78, 5) is 12.9. The third kappa shape index (κ3) is 4.11. The average molecular weight is 382 g/mol. The Hall–Kier alpha value is -3.66. The number of anilines is 1. The molecular formula is C25H22N2O2. The Morgan fingerprint density at radius 3 is 2.31 bits per heavy atom. The zero-order valence-electron chi connectivity index (χ0n) is 16.5. The lowest BCUT2D eigenvalue weighted by Gasteiger charge is -2.14. The summed E-state index contributed by atoms with van der Waals surface area (Å²) in [5.74, 6) is 0.682. The Kier molecular flexibility index (Phi) is 5.25. The van der Waals surface area contributed by atoms with E-state index in [0.717, 1.165) is 28.1 Å². The number of aryl methyl sites for hydroxylation is 1. The molecule has 0 fully saturated rings. The first kappa shape index (κ1) is 18.7. The highest BCUT2D eigenvalue weighted by atomic mass is 16.5. The molecule has 0 N–H and O–H groups in total. The third-order valence-electron chi connectivity index (χ3n) is 4.85. The minimum absolute atomic E-state index is 0.110. The molecule has 1 amide bonds. The van der Waals surface area contributed by atoms with E-state index >= 15 is 0 Å². The van der Waals surface area contributed by atoms with Crippen LogP contribution in [0.5, 0.6) is 5.75 Å². The molecule has 4 nitrogen and oxygen atoms in total. The summed E-state index contributed by atoms with van der Waals surface area (Å²) in [5.41, 5.74) is 5.19. The molecule has 0 bridgehead atoms. The molecule has 1 heterocycles. The van der Waals surface area contributed by atoms with E-state index in [-0.39, 0.29) is 5.91 Å². The van der Waals surface area contributed by atoms with Gasteiger partial charge in [0.05, 0.1) is 17.0 Å². The van der Waals surface area contributed by atoms with Crippen LogP contribution >= 0.6 is 0 Å². The van der Waals surface area contributed by atoms with Gasteiger partial charge in [-0.15, -0.1) is 0 Å². The number of hydrazone groups is 1. The molecule has 4 heteroatoms. The van der Waals surface area contributed by atoms with Crippen LogP contribution in [-0.2, 0) is 11.4 Å². The number of hydrogen-bond acceptors (Lipinski definition) is 3. The predicted molar refractivity (Wildman–Crippen MR) is 117 cm³/mol. The van der Waals surface area contributed by atoms with E-state index in [4.69, 9.17) is 4.74 Å². The van der Waals surface area contributed by atoms with Crippen LogP contribution in [0.3, 0.4) is 0 Å². The van der Waals surface area contributed by atoms with Gasteiger partial charge < -0.3 is 4.74 Å². The fourth-order valence-corrected chi connectivity index (χ4v) is 3.22. The van der Waals surface area contributed by atoms with Crippen molar-refractivity contribution in [3.63, 3.8) is 0 Å². The maximum absolute atomic E-state index is 12.9. The van der Waals surface area contributed by atoms with E-state index in [9.17, 15) is 4.79 Å². The summed E-state index contributed by atoms with van der Waals surface area (Å²) in [6.07, 6.45) is 1.88. The lowest BCUT2D eigenvalue weighted by molar-refractivity contribution is -0.114. The van der Waals surface area contributed by atoms with Gasteiger partial charge in [0.15, 0.2) is 0 Å². The molecule has 0 aliphatic carbocycles. The summed E-state index contributed by atoms with van der Waals surface area (Å²) < 4.78 is 5.83. The highest BCUT2D eigenvalue weighted by Gasteiger charge is 2.29. The van der Waals surface area contributed by atoms with Gasteiger partial charge in [-0.25, -0.2) is 0 Å². The van der Waals surface area contributed by atoms with Gasteiger partial charge >= 0.3 is 0 Å². The van der Waals surface area contributed by atoms with Crippen LogP contribution in [0.2, 0.25) is 0 Å². The summed E-state index contributed by atoms with van der Waals surface area (Å²) in [6, 6.07) is 25.5. The van der Waals surface area contributed by atoms with Gasteiger partial charge in [-0.3, -0.25) is 4.79 Å². The van der Waals surface area contributed by atoms with Crippen molar-refractivity contribution < 1.29 is 9.53 Å². The number of benzene rings is 3. The van der Waals surface area contributed by atoms with E-state index in [2.05, 4.69) is 5.10 Å². The van der Waals surface area contributed by atoms with Gasteiger partial charge in [0.1, 0.15) is 12.4 Å². The zero-order valence-corrected chi connectivity index (χ0v) is 16.5. The molecule has 0 spiro atoms. The summed E-state index contributed by atoms with van der Waals surface area (Å²) >= 11 is 0. The molecule has 1 aliphatic rings. The van der Waals surface area contributed by atoms with Gasteiger partial charge in [-0.05, 0) is 54.8 Å². The average Bonchev–Trinajstić information content (AvgIpc) is 3.02.